The zero-order chi connectivity index (χ0) is 15.7. The van der Waals surface area contributed by atoms with Crippen LogP contribution in [0.5, 0.6) is 5.75 Å². The molecule has 0 atom stereocenters. The number of ether oxygens (including phenoxy) is 2. The highest BCUT2D eigenvalue weighted by Gasteiger charge is 2.13. The normalized spacial score (nSPS) is 10.8. The van der Waals surface area contributed by atoms with Crippen molar-refractivity contribution in [3.05, 3.63) is 24.3 Å². The second-order valence-corrected chi connectivity index (χ2v) is 5.59. The maximum Gasteiger partial charge on any atom is 0.250 e. The summed E-state index contributed by atoms with van der Waals surface area (Å²) in [6.45, 7) is 6.19. The van der Waals surface area contributed by atoms with Gasteiger partial charge in [0.2, 0.25) is 5.91 Å². The monoisotopic (exact) mass is 290 g/mol. The van der Waals surface area contributed by atoms with Crippen LogP contribution in [0.4, 0.5) is 5.69 Å². The maximum absolute atomic E-state index is 11.8. The number of hydrogen-bond acceptors (Lipinski definition) is 4. The minimum atomic E-state index is -0.344. The summed E-state index contributed by atoms with van der Waals surface area (Å²) in [7, 11) is 0. The molecular weight excluding hydrogens is 268 g/mol. The molecule has 0 saturated carbocycles. The summed E-state index contributed by atoms with van der Waals surface area (Å²) < 4.78 is 10.9. The third-order valence-electron chi connectivity index (χ3n) is 2.46. The number of benzene rings is 1. The van der Waals surface area contributed by atoms with Crippen LogP contribution in [-0.4, -0.2) is 24.7 Å². The fourth-order valence-corrected chi connectivity index (χ4v) is 1.48. The van der Waals surface area contributed by atoms with Crippen molar-refractivity contribution in [3.8, 4) is 11.8 Å². The number of anilines is 1. The second-order valence-electron chi connectivity index (χ2n) is 5.59. The molecule has 1 aromatic carbocycles. The Labute approximate surface area is 125 Å². The number of nitriles is 1. The molecule has 0 bridgehead atoms. The Balaban J connectivity index is 2.45. The molecule has 0 fully saturated rings. The second kappa shape index (κ2) is 8.28. The van der Waals surface area contributed by atoms with E-state index in [1.54, 1.807) is 18.2 Å². The zero-order valence-electron chi connectivity index (χ0n) is 12.8. The van der Waals surface area contributed by atoms with E-state index in [1.807, 2.05) is 26.8 Å². The van der Waals surface area contributed by atoms with Crippen molar-refractivity contribution in [2.45, 2.75) is 39.2 Å². The summed E-state index contributed by atoms with van der Waals surface area (Å²) in [4.78, 5) is 11.8. The van der Waals surface area contributed by atoms with Gasteiger partial charge in [0, 0.05) is 18.2 Å². The van der Waals surface area contributed by atoms with Gasteiger partial charge in [0.15, 0.2) is 0 Å². The van der Waals surface area contributed by atoms with Crippen LogP contribution in [0.15, 0.2) is 24.3 Å². The van der Waals surface area contributed by atoms with Gasteiger partial charge in [-0.15, -0.1) is 0 Å². The molecule has 0 aromatic heterocycles. The number of unbranched alkanes of at least 4 members (excludes halogenated alkanes) is 1. The number of nitrogens with zero attached hydrogens (tertiary/aromatic N) is 1. The van der Waals surface area contributed by atoms with E-state index in [2.05, 4.69) is 11.4 Å². The van der Waals surface area contributed by atoms with Crippen LogP contribution in [0.3, 0.4) is 0 Å². The first-order valence-corrected chi connectivity index (χ1v) is 6.94. The highest BCUT2D eigenvalue weighted by Crippen LogP contribution is 2.18. The van der Waals surface area contributed by atoms with Crippen LogP contribution in [0, 0.1) is 11.3 Å². The molecule has 0 radical (unpaired) electrons. The summed E-state index contributed by atoms with van der Waals surface area (Å²) >= 11 is 0. The largest absolute Gasteiger partial charge is 0.493 e. The lowest BCUT2D eigenvalue weighted by Crippen LogP contribution is -2.27. The molecular formula is C16H22N2O3. The average Bonchev–Trinajstić information content (AvgIpc) is 2.41. The Hall–Kier alpha value is -2.06. The van der Waals surface area contributed by atoms with Gasteiger partial charge in [-0.2, -0.15) is 5.26 Å². The molecule has 1 aromatic rings. The van der Waals surface area contributed by atoms with Crippen molar-refractivity contribution < 1.29 is 14.3 Å². The van der Waals surface area contributed by atoms with E-state index in [1.165, 1.54) is 0 Å². The number of amides is 1. The molecule has 21 heavy (non-hydrogen) atoms. The molecule has 0 unspecified atom stereocenters. The number of hydrogen-bond donors (Lipinski definition) is 1. The van der Waals surface area contributed by atoms with Crippen molar-refractivity contribution in [2.24, 2.45) is 0 Å². The Morgan fingerprint density at radius 3 is 2.81 bits per heavy atom. The maximum atomic E-state index is 11.8. The molecule has 0 spiro atoms. The van der Waals surface area contributed by atoms with E-state index in [0.717, 1.165) is 0 Å². The molecule has 0 heterocycles. The van der Waals surface area contributed by atoms with Crippen LogP contribution in [-0.2, 0) is 9.53 Å². The summed E-state index contributed by atoms with van der Waals surface area (Å²) in [5.41, 5.74) is 0.318. The predicted octanol–water partition coefficient (Wildman–Crippen LogP) is 3.12. The quantitative estimate of drug-likeness (QED) is 0.783. The van der Waals surface area contributed by atoms with Gasteiger partial charge in [-0.05, 0) is 39.3 Å². The number of rotatable bonds is 7. The molecule has 5 heteroatoms. The minimum absolute atomic E-state index is 0.0107. The molecule has 1 amide bonds. The smallest absolute Gasteiger partial charge is 0.250 e. The molecule has 114 valence electrons. The predicted molar refractivity (Wildman–Crippen MR) is 81.1 cm³/mol. The van der Waals surface area contributed by atoms with Crippen LogP contribution in [0.1, 0.15) is 33.6 Å². The first kappa shape index (κ1) is 17.0. The summed E-state index contributed by atoms with van der Waals surface area (Å²) in [5.74, 6) is 0.467. The van der Waals surface area contributed by atoms with Crippen LogP contribution < -0.4 is 10.1 Å². The Kier molecular flexibility index (Phi) is 6.70. The summed E-state index contributed by atoms with van der Waals surface area (Å²) in [5, 5.41) is 11.2. The van der Waals surface area contributed by atoms with E-state index in [0.29, 0.717) is 30.9 Å². The highest BCUT2D eigenvalue weighted by atomic mass is 16.5. The molecule has 0 aliphatic rings. The summed E-state index contributed by atoms with van der Waals surface area (Å²) in [6, 6.07) is 9.23. The van der Waals surface area contributed by atoms with Crippen LogP contribution in [0.25, 0.3) is 0 Å². The van der Waals surface area contributed by atoms with Crippen LogP contribution in [0.2, 0.25) is 0 Å². The molecule has 0 aliphatic heterocycles. The van der Waals surface area contributed by atoms with Crippen molar-refractivity contribution in [3.63, 3.8) is 0 Å². The first-order valence-electron chi connectivity index (χ1n) is 6.94. The van der Waals surface area contributed by atoms with Crippen molar-refractivity contribution in [1.29, 1.82) is 5.26 Å². The van der Waals surface area contributed by atoms with Crippen molar-refractivity contribution in [2.75, 3.05) is 18.5 Å². The van der Waals surface area contributed by atoms with Gasteiger partial charge in [0.1, 0.15) is 12.4 Å². The molecule has 0 saturated heterocycles. The average molecular weight is 290 g/mol. The van der Waals surface area contributed by atoms with Gasteiger partial charge in [-0.1, -0.05) is 6.07 Å². The SMILES string of the molecule is CC(C)(C)OCC(=O)Nc1cccc(OCCCC#N)c1. The van der Waals surface area contributed by atoms with Gasteiger partial charge in [-0.25, -0.2) is 0 Å². The van der Waals surface area contributed by atoms with Crippen LogP contribution >= 0.6 is 0 Å². The van der Waals surface area contributed by atoms with E-state index < -0.39 is 0 Å². The minimum Gasteiger partial charge on any atom is -0.493 e. The number of carbonyl (C=O) groups excluding carboxylic acids is 1. The van der Waals surface area contributed by atoms with Crippen molar-refractivity contribution in [1.82, 2.24) is 0 Å². The highest BCUT2D eigenvalue weighted by molar-refractivity contribution is 5.91. The van der Waals surface area contributed by atoms with E-state index in [4.69, 9.17) is 14.7 Å². The van der Waals surface area contributed by atoms with Crippen molar-refractivity contribution >= 4 is 11.6 Å². The number of nitrogens with one attached hydrogen (secondary N) is 1. The molecule has 0 aliphatic carbocycles. The molecule has 1 N–H and O–H groups in total. The van der Waals surface area contributed by atoms with Gasteiger partial charge in [0.05, 0.1) is 18.3 Å². The fraction of sp³-hybridized carbons (Fsp3) is 0.500. The lowest BCUT2D eigenvalue weighted by molar-refractivity contribution is -0.125. The van der Waals surface area contributed by atoms with E-state index in [-0.39, 0.29) is 18.1 Å². The topological polar surface area (TPSA) is 71.3 Å². The number of carbonyl (C=O) groups is 1. The Morgan fingerprint density at radius 2 is 2.14 bits per heavy atom. The zero-order valence-corrected chi connectivity index (χ0v) is 12.8. The lowest BCUT2D eigenvalue weighted by Gasteiger charge is -2.19. The first-order chi connectivity index (χ1) is 9.90. The van der Waals surface area contributed by atoms with Gasteiger partial charge < -0.3 is 14.8 Å². The van der Waals surface area contributed by atoms with E-state index >= 15 is 0 Å². The standard InChI is InChI=1S/C16H22N2O3/c1-16(2,3)21-12-15(19)18-13-7-6-8-14(11-13)20-10-5-4-9-17/h6-8,11H,4-5,10,12H2,1-3H3,(H,18,19). The molecule has 5 nitrogen and oxygen atoms in total. The Bertz CT molecular complexity index is 501. The lowest BCUT2D eigenvalue weighted by atomic mass is 10.2. The molecule has 1 rings (SSSR count). The summed E-state index contributed by atoms with van der Waals surface area (Å²) in [6.07, 6.45) is 1.16. The Morgan fingerprint density at radius 1 is 1.38 bits per heavy atom. The third kappa shape index (κ3) is 7.95. The van der Waals surface area contributed by atoms with Gasteiger partial charge in [0.25, 0.3) is 0 Å². The fourth-order valence-electron chi connectivity index (χ4n) is 1.48. The van der Waals surface area contributed by atoms with Gasteiger partial charge >= 0.3 is 0 Å². The van der Waals surface area contributed by atoms with E-state index in [9.17, 15) is 4.79 Å². The van der Waals surface area contributed by atoms with Gasteiger partial charge in [-0.3, -0.25) is 4.79 Å². The third-order valence-corrected chi connectivity index (χ3v) is 2.46.